The minimum absolute atomic E-state index is 0.119. The molecule has 3 aromatic heterocycles. The van der Waals surface area contributed by atoms with E-state index in [4.69, 9.17) is 18.9 Å². The van der Waals surface area contributed by atoms with Gasteiger partial charge in [-0.25, -0.2) is 9.97 Å². The Morgan fingerprint density at radius 1 is 1.14 bits per heavy atom. The maximum absolute atomic E-state index is 12.9. The van der Waals surface area contributed by atoms with Gasteiger partial charge >= 0.3 is 0 Å². The van der Waals surface area contributed by atoms with E-state index >= 15 is 0 Å². The molecule has 2 fully saturated rings. The zero-order chi connectivity index (χ0) is 24.8. The Morgan fingerprint density at radius 2 is 1.97 bits per heavy atom. The first-order valence-corrected chi connectivity index (χ1v) is 12.3. The van der Waals surface area contributed by atoms with Crippen molar-refractivity contribution in [1.82, 2.24) is 14.5 Å². The Kier molecular flexibility index (Phi) is 5.61. The van der Waals surface area contributed by atoms with Crippen molar-refractivity contribution in [2.24, 2.45) is 7.05 Å². The smallest absolute Gasteiger partial charge is 0.252 e. The monoisotopic (exact) mass is 485 g/mol. The highest BCUT2D eigenvalue weighted by molar-refractivity contribution is 5.90. The summed E-state index contributed by atoms with van der Waals surface area (Å²) in [5.41, 5.74) is 4.95. The molecule has 0 aliphatic carbocycles. The number of fused-ring (bicyclic) bond motifs is 2. The van der Waals surface area contributed by atoms with E-state index in [1.807, 2.05) is 25.1 Å². The van der Waals surface area contributed by atoms with Crippen LogP contribution in [0.1, 0.15) is 42.3 Å². The van der Waals surface area contributed by atoms with Crippen molar-refractivity contribution < 1.29 is 13.9 Å². The molecule has 0 unspecified atom stereocenters. The van der Waals surface area contributed by atoms with Crippen molar-refractivity contribution in [3.05, 3.63) is 57.8 Å². The van der Waals surface area contributed by atoms with Crippen LogP contribution in [0.15, 0.2) is 39.5 Å². The van der Waals surface area contributed by atoms with Gasteiger partial charge in [-0.2, -0.15) is 5.26 Å². The van der Waals surface area contributed by atoms with Crippen LogP contribution in [-0.4, -0.2) is 46.9 Å². The number of benzene rings is 1. The van der Waals surface area contributed by atoms with Gasteiger partial charge in [-0.05, 0) is 37.5 Å². The van der Waals surface area contributed by atoms with Crippen molar-refractivity contribution in [2.75, 3.05) is 31.2 Å². The Hall–Kier alpha value is -3.90. The topological polar surface area (TPSA) is 106 Å². The first kappa shape index (κ1) is 22.6. The number of hydrogen-bond donors (Lipinski definition) is 0. The number of aryl methyl sites for hydroxylation is 2. The molecule has 2 saturated heterocycles. The van der Waals surface area contributed by atoms with Crippen LogP contribution < -0.4 is 15.2 Å². The predicted octanol–water partition coefficient (Wildman–Crippen LogP) is 3.81. The molecule has 2 aliphatic heterocycles. The Balaban J connectivity index is 1.30. The standard InChI is InChI=1S/C27H27N5O4/c1-16-3-4-23-19(11-16)30-27(36-23)17-5-8-32(9-6-17)22-13-25(33)31(2)21-12-24(20(14-28)29-26(21)22)35-18-7-10-34-15-18/h3-4,11-13,17-18H,5-10,15H2,1-2H3/t18-/m0/s1. The molecule has 0 radical (unpaired) electrons. The molecule has 9 nitrogen and oxygen atoms in total. The van der Waals surface area contributed by atoms with E-state index < -0.39 is 0 Å². The van der Waals surface area contributed by atoms with Crippen molar-refractivity contribution in [3.8, 4) is 11.8 Å². The summed E-state index contributed by atoms with van der Waals surface area (Å²) in [6.45, 7) is 4.62. The third-order valence-corrected chi connectivity index (χ3v) is 7.19. The summed E-state index contributed by atoms with van der Waals surface area (Å²) in [6, 6.07) is 11.6. The summed E-state index contributed by atoms with van der Waals surface area (Å²) in [7, 11) is 1.71. The summed E-state index contributed by atoms with van der Waals surface area (Å²) in [5, 5.41) is 9.79. The quantitative estimate of drug-likeness (QED) is 0.430. The molecule has 0 saturated carbocycles. The summed E-state index contributed by atoms with van der Waals surface area (Å²) < 4.78 is 19.0. The zero-order valence-electron chi connectivity index (χ0n) is 20.4. The van der Waals surface area contributed by atoms with Crippen LogP contribution >= 0.6 is 0 Å². The molecular formula is C27H27N5O4. The van der Waals surface area contributed by atoms with Gasteiger partial charge in [-0.1, -0.05) is 6.07 Å². The number of anilines is 1. The first-order valence-electron chi connectivity index (χ1n) is 12.3. The highest BCUT2D eigenvalue weighted by atomic mass is 16.5. The van der Waals surface area contributed by atoms with Gasteiger partial charge in [0.2, 0.25) is 0 Å². The molecule has 1 aromatic carbocycles. The molecule has 0 amide bonds. The number of piperidine rings is 1. The van der Waals surface area contributed by atoms with E-state index in [2.05, 4.69) is 16.0 Å². The van der Waals surface area contributed by atoms with E-state index in [1.54, 1.807) is 23.7 Å². The van der Waals surface area contributed by atoms with Crippen LogP contribution in [0.25, 0.3) is 22.1 Å². The van der Waals surface area contributed by atoms with Crippen LogP contribution in [0, 0.1) is 18.3 Å². The molecule has 0 bridgehead atoms. The maximum Gasteiger partial charge on any atom is 0.252 e. The van der Waals surface area contributed by atoms with Gasteiger partial charge in [0.1, 0.15) is 23.2 Å². The number of rotatable bonds is 4. The number of oxazole rings is 1. The Morgan fingerprint density at radius 3 is 2.72 bits per heavy atom. The predicted molar refractivity (Wildman–Crippen MR) is 134 cm³/mol. The van der Waals surface area contributed by atoms with Gasteiger partial charge in [-0.3, -0.25) is 4.79 Å². The molecule has 9 heteroatoms. The minimum Gasteiger partial charge on any atom is -0.485 e. The van der Waals surface area contributed by atoms with Gasteiger partial charge in [0.25, 0.3) is 5.56 Å². The second kappa shape index (κ2) is 8.95. The fraction of sp³-hybridized carbons (Fsp3) is 0.407. The fourth-order valence-corrected chi connectivity index (χ4v) is 5.12. The lowest BCUT2D eigenvalue weighted by molar-refractivity contribution is 0.141. The second-order valence-electron chi connectivity index (χ2n) is 9.63. The van der Waals surface area contributed by atoms with E-state index in [-0.39, 0.29) is 23.3 Å². The normalized spacial score (nSPS) is 18.7. The van der Waals surface area contributed by atoms with Crippen LogP contribution in [-0.2, 0) is 11.8 Å². The highest BCUT2D eigenvalue weighted by Gasteiger charge is 2.27. The number of hydrogen-bond acceptors (Lipinski definition) is 8. The van der Waals surface area contributed by atoms with Crippen molar-refractivity contribution in [3.63, 3.8) is 0 Å². The lowest BCUT2D eigenvalue weighted by atomic mass is 9.96. The summed E-state index contributed by atoms with van der Waals surface area (Å²) >= 11 is 0. The largest absolute Gasteiger partial charge is 0.485 e. The van der Waals surface area contributed by atoms with Crippen molar-refractivity contribution >= 4 is 27.8 Å². The molecule has 36 heavy (non-hydrogen) atoms. The third kappa shape index (κ3) is 3.97. The van der Waals surface area contributed by atoms with Gasteiger partial charge in [0.15, 0.2) is 22.9 Å². The van der Waals surface area contributed by atoms with Crippen molar-refractivity contribution in [1.29, 1.82) is 5.26 Å². The van der Waals surface area contributed by atoms with Gasteiger partial charge in [0, 0.05) is 44.6 Å². The van der Waals surface area contributed by atoms with E-state index in [0.717, 1.165) is 60.6 Å². The molecule has 0 spiro atoms. The number of ether oxygens (including phenoxy) is 2. The number of nitriles is 1. The van der Waals surface area contributed by atoms with Gasteiger partial charge < -0.3 is 23.4 Å². The molecule has 5 heterocycles. The molecule has 1 atom stereocenters. The van der Waals surface area contributed by atoms with Crippen LogP contribution in [0.5, 0.6) is 5.75 Å². The molecule has 2 aliphatic rings. The van der Waals surface area contributed by atoms with E-state index in [0.29, 0.717) is 30.0 Å². The van der Waals surface area contributed by atoms with E-state index in [9.17, 15) is 10.1 Å². The number of aromatic nitrogens is 3. The maximum atomic E-state index is 12.9. The number of nitrogens with zero attached hydrogens (tertiary/aromatic N) is 5. The van der Waals surface area contributed by atoms with E-state index in [1.165, 1.54) is 0 Å². The Bertz CT molecular complexity index is 1550. The fourth-order valence-electron chi connectivity index (χ4n) is 5.12. The molecule has 0 N–H and O–H groups in total. The molecule has 6 rings (SSSR count). The summed E-state index contributed by atoms with van der Waals surface area (Å²) in [5.74, 6) is 1.37. The van der Waals surface area contributed by atoms with Crippen LogP contribution in [0.2, 0.25) is 0 Å². The third-order valence-electron chi connectivity index (χ3n) is 7.19. The lowest BCUT2D eigenvalue weighted by Crippen LogP contribution is -2.34. The number of pyridine rings is 2. The van der Waals surface area contributed by atoms with Crippen LogP contribution in [0.4, 0.5) is 5.69 Å². The molecule has 184 valence electrons. The van der Waals surface area contributed by atoms with Crippen molar-refractivity contribution in [2.45, 2.75) is 38.2 Å². The lowest BCUT2D eigenvalue weighted by Gasteiger charge is -2.33. The average molecular weight is 486 g/mol. The summed E-state index contributed by atoms with van der Waals surface area (Å²) in [6.07, 6.45) is 2.33. The first-order chi connectivity index (χ1) is 17.5. The van der Waals surface area contributed by atoms with Gasteiger partial charge in [-0.15, -0.1) is 0 Å². The SMILES string of the molecule is Cc1ccc2oc(C3CCN(c4cc(=O)n(C)c5cc(O[C@H]6CCOC6)c(C#N)nc45)CC3)nc2c1. The molecule has 4 aromatic rings. The van der Waals surface area contributed by atoms with Crippen LogP contribution in [0.3, 0.4) is 0 Å². The Labute approximate surface area is 207 Å². The average Bonchev–Trinajstić information content (AvgIpc) is 3.56. The minimum atomic E-state index is -0.129. The van der Waals surface area contributed by atoms with Gasteiger partial charge in [0.05, 0.1) is 24.4 Å². The second-order valence-corrected chi connectivity index (χ2v) is 9.63. The summed E-state index contributed by atoms with van der Waals surface area (Å²) in [4.78, 5) is 24.5. The zero-order valence-corrected chi connectivity index (χ0v) is 20.4. The molecular weight excluding hydrogens is 458 g/mol. The highest BCUT2D eigenvalue weighted by Crippen LogP contribution is 2.35.